The Morgan fingerprint density at radius 3 is 1.90 bits per heavy atom. The second-order valence-electron chi connectivity index (χ2n) is 14.9. The Morgan fingerprint density at radius 1 is 0.865 bits per heavy atom. The molecular weight excluding hydrogens is 696 g/mol. The number of carboxylic acid groups (broad SMARTS) is 2. The molecule has 10 N–H and O–H groups in total. The van der Waals surface area contributed by atoms with Crippen LogP contribution >= 0.6 is 11.8 Å². The highest BCUT2D eigenvalue weighted by molar-refractivity contribution is 7.99. The first-order valence-electron chi connectivity index (χ1n) is 18.0. The van der Waals surface area contributed by atoms with Gasteiger partial charge < -0.3 is 51.9 Å². The highest BCUT2D eigenvalue weighted by Gasteiger charge is 2.44. The van der Waals surface area contributed by atoms with E-state index in [1.807, 2.05) is 47.0 Å². The number of carbonyl (C=O) groups is 5. The smallest absolute Gasteiger partial charge is 0.335 e. The molecule has 0 aliphatic heterocycles. The van der Waals surface area contributed by atoms with Crippen molar-refractivity contribution in [3.8, 4) is 0 Å². The van der Waals surface area contributed by atoms with Crippen LogP contribution in [0.4, 0.5) is 0 Å². The minimum absolute atomic E-state index is 0.0552. The van der Waals surface area contributed by atoms with Gasteiger partial charge in [0.05, 0.1) is 23.7 Å². The number of thioether (sulfide) groups is 1. The summed E-state index contributed by atoms with van der Waals surface area (Å²) in [5.74, 6) is -4.41. The van der Waals surface area contributed by atoms with Crippen molar-refractivity contribution < 1.29 is 54.6 Å². The van der Waals surface area contributed by atoms with E-state index in [4.69, 9.17) is 5.11 Å². The molecule has 0 aliphatic carbocycles. The Morgan fingerprint density at radius 2 is 1.44 bits per heavy atom. The molecule has 0 heterocycles. The fourth-order valence-corrected chi connectivity index (χ4v) is 6.43. The fourth-order valence-electron chi connectivity index (χ4n) is 5.72. The van der Waals surface area contributed by atoms with Crippen LogP contribution in [-0.2, 0) is 24.0 Å². The quantitative estimate of drug-likeness (QED) is 0.0503. The molecule has 0 bridgehead atoms. The van der Waals surface area contributed by atoms with Crippen molar-refractivity contribution in [2.45, 2.75) is 153 Å². The Balaban J connectivity index is 6.57. The van der Waals surface area contributed by atoms with Gasteiger partial charge in [-0.05, 0) is 71.1 Å². The van der Waals surface area contributed by atoms with Crippen LogP contribution in [-0.4, -0.2) is 132 Å². The van der Waals surface area contributed by atoms with Gasteiger partial charge in [0.25, 0.3) is 0 Å². The normalized spacial score (nSPS) is 17.1. The Hall–Kier alpha value is -2.60. The molecule has 0 saturated carbocycles. The molecule has 0 spiro atoms. The minimum Gasteiger partial charge on any atom is -0.481 e. The van der Waals surface area contributed by atoms with Crippen molar-refractivity contribution in [2.24, 2.45) is 11.3 Å². The molecule has 0 aromatic carbocycles. The molecule has 0 aromatic heterocycles. The molecule has 0 fully saturated rings. The summed E-state index contributed by atoms with van der Waals surface area (Å²) in [6.45, 7) is 18.2. The maximum atomic E-state index is 14.7. The van der Waals surface area contributed by atoms with E-state index in [0.717, 1.165) is 6.42 Å². The van der Waals surface area contributed by atoms with Crippen molar-refractivity contribution in [1.29, 1.82) is 0 Å². The van der Waals surface area contributed by atoms with Gasteiger partial charge in [-0.2, -0.15) is 11.8 Å². The summed E-state index contributed by atoms with van der Waals surface area (Å²) in [4.78, 5) is 64.6. The maximum absolute atomic E-state index is 14.7. The van der Waals surface area contributed by atoms with Crippen LogP contribution in [0.5, 0.6) is 0 Å². The number of hydrogen-bond donors (Lipinski definition) is 10. The highest BCUT2D eigenvalue weighted by Crippen LogP contribution is 2.29. The summed E-state index contributed by atoms with van der Waals surface area (Å²) in [7, 11) is 0. The summed E-state index contributed by atoms with van der Waals surface area (Å²) in [6.07, 6.45) is -3.15. The Bertz CT molecular complexity index is 1180. The molecule has 302 valence electrons. The van der Waals surface area contributed by atoms with Crippen LogP contribution < -0.4 is 21.3 Å². The number of carbonyl (C=O) groups excluding carboxylic acids is 3. The minimum atomic E-state index is -2.38. The molecule has 2 amide bonds. The Kier molecular flexibility index (Phi) is 21.4. The van der Waals surface area contributed by atoms with Gasteiger partial charge in [-0.25, -0.2) is 4.79 Å². The van der Waals surface area contributed by atoms with Crippen LogP contribution in [0.1, 0.15) is 100 Å². The van der Waals surface area contributed by atoms with Crippen LogP contribution in [0.3, 0.4) is 0 Å². The zero-order chi connectivity index (χ0) is 40.6. The summed E-state index contributed by atoms with van der Waals surface area (Å²) < 4.78 is 0. The molecular formula is C36H66N4O11S. The molecule has 0 aromatic rings. The lowest BCUT2D eigenvalue weighted by atomic mass is 9.77. The number of Topliss-reactive ketones (excluding diaryl/α,β-unsaturated/α-hetero) is 1. The van der Waals surface area contributed by atoms with E-state index in [1.54, 1.807) is 11.8 Å². The van der Waals surface area contributed by atoms with Gasteiger partial charge in [0, 0.05) is 29.2 Å². The third kappa shape index (κ3) is 15.8. The third-order valence-electron chi connectivity index (χ3n) is 9.83. The molecule has 8 atom stereocenters. The van der Waals surface area contributed by atoms with E-state index in [-0.39, 0.29) is 36.2 Å². The molecule has 52 heavy (non-hydrogen) atoms. The lowest BCUT2D eigenvalue weighted by molar-refractivity contribution is -0.163. The van der Waals surface area contributed by atoms with E-state index in [2.05, 4.69) is 34.8 Å². The van der Waals surface area contributed by atoms with Gasteiger partial charge in [0.1, 0.15) is 12.2 Å². The third-order valence-corrected chi connectivity index (χ3v) is 10.8. The predicted octanol–water partition coefficient (Wildman–Crippen LogP) is 1.20. The number of amides is 2. The molecule has 15 nitrogen and oxygen atoms in total. The number of aliphatic hydroxyl groups excluding tert-OH is 4. The second kappa shape index (κ2) is 22.6. The largest absolute Gasteiger partial charge is 0.481 e. The van der Waals surface area contributed by atoms with E-state index >= 15 is 0 Å². The molecule has 8 unspecified atom stereocenters. The number of aliphatic carboxylic acids is 2. The van der Waals surface area contributed by atoms with Gasteiger partial charge >= 0.3 is 11.9 Å². The number of ketones is 1. The summed E-state index contributed by atoms with van der Waals surface area (Å²) >= 11 is 1.68. The van der Waals surface area contributed by atoms with Crippen molar-refractivity contribution >= 4 is 41.3 Å². The lowest BCUT2D eigenvalue weighted by Crippen LogP contribution is -2.63. The predicted molar refractivity (Wildman–Crippen MR) is 201 cm³/mol. The number of aliphatic hydroxyl groups is 4. The molecule has 0 aliphatic rings. The number of hydrogen-bond acceptors (Lipinski definition) is 12. The van der Waals surface area contributed by atoms with E-state index in [1.165, 1.54) is 13.8 Å². The average Bonchev–Trinajstić information content (AvgIpc) is 3.09. The summed E-state index contributed by atoms with van der Waals surface area (Å²) in [5.41, 5.74) is -3.04. The number of nitrogens with one attached hydrogen (secondary N) is 4. The Labute approximate surface area is 313 Å². The van der Waals surface area contributed by atoms with Crippen LogP contribution in [0.2, 0.25) is 0 Å². The fraction of sp³-hybridized carbons (Fsp3) is 0.806. The van der Waals surface area contributed by atoms with Gasteiger partial charge in [-0.1, -0.05) is 47.6 Å². The van der Waals surface area contributed by atoms with E-state index in [9.17, 15) is 49.5 Å². The maximum Gasteiger partial charge on any atom is 0.335 e. The van der Waals surface area contributed by atoms with E-state index < -0.39 is 83.3 Å². The van der Waals surface area contributed by atoms with Gasteiger partial charge in [-0.15, -0.1) is 6.58 Å². The summed E-state index contributed by atoms with van der Waals surface area (Å²) in [6, 6.07) is -2.21. The standard InChI is InChI=1S/C36H66N4O11S/c1-11-22(52-10)17-21(5)19-38-36(13-3,14-4)30(47)24(39-31(48)23(15-16-26(42)43)40-35(8,9)12-2)18-34(6,7)33(51)37-20-25(41)27(44)28(45)29(46)32(49)50/h11,21-25,27-29,38,40-41,44-46H,1,12-20H2,2-10H3,(H,37,51)(H,39,48)(H,42,43)(H,49,50). The first kappa shape index (κ1) is 49.4. The van der Waals surface area contributed by atoms with Crippen molar-refractivity contribution in [3.63, 3.8) is 0 Å². The second-order valence-corrected chi connectivity index (χ2v) is 16.0. The summed E-state index contributed by atoms with van der Waals surface area (Å²) in [5, 5.41) is 70.4. The molecule has 0 rings (SSSR count). The zero-order valence-electron chi connectivity index (χ0n) is 32.4. The van der Waals surface area contributed by atoms with Crippen molar-refractivity contribution in [1.82, 2.24) is 21.3 Å². The van der Waals surface area contributed by atoms with Crippen LogP contribution in [0.25, 0.3) is 0 Å². The highest BCUT2D eigenvalue weighted by atomic mass is 32.2. The molecule has 16 heteroatoms. The average molecular weight is 763 g/mol. The monoisotopic (exact) mass is 762 g/mol. The first-order valence-corrected chi connectivity index (χ1v) is 19.2. The van der Waals surface area contributed by atoms with Crippen molar-refractivity contribution in [2.75, 3.05) is 19.3 Å². The van der Waals surface area contributed by atoms with Crippen molar-refractivity contribution in [3.05, 3.63) is 12.7 Å². The van der Waals surface area contributed by atoms with Crippen LogP contribution in [0, 0.1) is 11.3 Å². The zero-order valence-corrected chi connectivity index (χ0v) is 33.2. The van der Waals surface area contributed by atoms with Gasteiger partial charge in [0.2, 0.25) is 11.8 Å². The number of rotatable bonds is 28. The molecule has 0 radical (unpaired) electrons. The number of carboxylic acids is 2. The van der Waals surface area contributed by atoms with Gasteiger partial charge in [-0.3, -0.25) is 19.2 Å². The molecule has 0 saturated heterocycles. The van der Waals surface area contributed by atoms with Gasteiger partial charge in [0.15, 0.2) is 11.9 Å². The first-order chi connectivity index (χ1) is 24.0. The lowest BCUT2D eigenvalue weighted by Gasteiger charge is -2.39. The van der Waals surface area contributed by atoms with E-state index in [0.29, 0.717) is 25.8 Å². The van der Waals surface area contributed by atoms with Crippen LogP contribution in [0.15, 0.2) is 12.7 Å². The SMILES string of the molecule is C=CC(CC(C)CNC(CC)(CC)C(=O)C(CC(C)(C)C(=O)NCC(O)C(O)C(O)C(O)C(=O)O)NC(=O)C(CCC(=O)O)NC(C)(C)CC)SC. The topological polar surface area (TPSA) is 255 Å².